The highest BCUT2D eigenvalue weighted by Gasteiger charge is 2.32. The molecule has 38 heavy (non-hydrogen) atoms. The van der Waals surface area contributed by atoms with Crippen molar-refractivity contribution in [3.05, 3.63) is 77.2 Å². The van der Waals surface area contributed by atoms with E-state index in [9.17, 15) is 4.39 Å². The van der Waals surface area contributed by atoms with Gasteiger partial charge in [0.2, 0.25) is 12.5 Å². The number of rotatable bonds is 9. The zero-order chi connectivity index (χ0) is 26.1. The van der Waals surface area contributed by atoms with Crippen LogP contribution in [0.15, 0.2) is 54.7 Å². The molecule has 1 aromatic heterocycles. The van der Waals surface area contributed by atoms with Crippen LogP contribution in [0.5, 0.6) is 17.2 Å². The molecule has 4 aromatic rings. The molecule has 0 bridgehead atoms. The molecule has 6 rings (SSSR count). The number of halogens is 1. The lowest BCUT2D eigenvalue weighted by Crippen LogP contribution is -2.41. The first-order chi connectivity index (χ1) is 18.7. The topological polar surface area (TPSA) is 43.6 Å². The number of benzene rings is 3. The summed E-state index contributed by atoms with van der Waals surface area (Å²) < 4.78 is 33.4. The minimum atomic E-state index is -0.222. The molecule has 1 N–H and O–H groups in total. The van der Waals surface area contributed by atoms with E-state index in [1.54, 1.807) is 19.2 Å². The van der Waals surface area contributed by atoms with E-state index in [0.717, 1.165) is 59.8 Å². The first-order valence-corrected chi connectivity index (χ1v) is 13.6. The van der Waals surface area contributed by atoms with Crippen molar-refractivity contribution >= 4 is 16.5 Å². The van der Waals surface area contributed by atoms with Crippen LogP contribution in [0.25, 0.3) is 22.0 Å². The molecule has 6 heteroatoms. The molecule has 0 saturated heterocycles. The normalized spacial score (nSPS) is 13.3. The summed E-state index contributed by atoms with van der Waals surface area (Å²) in [5.41, 5.74) is 6.93. The molecule has 3 heterocycles. The molecule has 0 radical (unpaired) electrons. The van der Waals surface area contributed by atoms with Gasteiger partial charge in [-0.15, -0.1) is 0 Å². The second kappa shape index (κ2) is 10.5. The van der Waals surface area contributed by atoms with E-state index in [1.165, 1.54) is 47.0 Å². The predicted molar refractivity (Wildman–Crippen MR) is 148 cm³/mol. The summed E-state index contributed by atoms with van der Waals surface area (Å²) >= 11 is 0. The van der Waals surface area contributed by atoms with Gasteiger partial charge in [0.25, 0.3) is 0 Å². The molecule has 0 atom stereocenters. The summed E-state index contributed by atoms with van der Waals surface area (Å²) in [5.74, 6) is 2.23. The standard InChI is InChI=1S/C32H33FN2O3/c1-3-4-5-6-14-34-31-27-19-35-15-13-22-17-29-30(38-20-37-29)18-25(22)32(35)26(24(27)11-12-28(31)36-2)16-21-7-9-23(33)10-8-21/h7-12,17-19H,3-6,13-16,20H2,1-2H3/p+1. The van der Waals surface area contributed by atoms with Crippen LogP contribution < -0.4 is 24.1 Å². The van der Waals surface area contributed by atoms with Gasteiger partial charge in [-0.1, -0.05) is 38.3 Å². The Balaban J connectivity index is 1.53. The minimum absolute atomic E-state index is 0.222. The van der Waals surface area contributed by atoms with Gasteiger partial charge in [0.15, 0.2) is 24.2 Å². The average Bonchev–Trinajstić information content (AvgIpc) is 3.40. The maximum atomic E-state index is 13.8. The average molecular weight is 514 g/mol. The largest absolute Gasteiger partial charge is 0.495 e. The molecular formula is C32H34FN2O3+. The van der Waals surface area contributed by atoms with Crippen molar-refractivity contribution in [3.8, 4) is 28.5 Å². The molecule has 0 spiro atoms. The number of aromatic nitrogens is 1. The molecule has 0 amide bonds. The van der Waals surface area contributed by atoms with Crippen molar-refractivity contribution in [2.24, 2.45) is 0 Å². The van der Waals surface area contributed by atoms with Gasteiger partial charge < -0.3 is 19.5 Å². The van der Waals surface area contributed by atoms with Crippen molar-refractivity contribution in [1.82, 2.24) is 0 Å². The lowest BCUT2D eigenvalue weighted by molar-refractivity contribution is -0.686. The number of hydrogen-bond donors (Lipinski definition) is 1. The summed E-state index contributed by atoms with van der Waals surface area (Å²) in [6.07, 6.45) is 8.66. The van der Waals surface area contributed by atoms with Gasteiger partial charge in [-0.2, -0.15) is 4.57 Å². The Morgan fingerprint density at radius 3 is 2.58 bits per heavy atom. The number of aryl methyl sites for hydroxylation is 2. The number of unbranched alkanes of at least 4 members (excludes halogenated alkanes) is 3. The monoisotopic (exact) mass is 513 g/mol. The predicted octanol–water partition coefficient (Wildman–Crippen LogP) is 6.81. The second-order valence-corrected chi connectivity index (χ2v) is 10.2. The van der Waals surface area contributed by atoms with Gasteiger partial charge >= 0.3 is 0 Å². The maximum absolute atomic E-state index is 13.8. The highest BCUT2D eigenvalue weighted by molar-refractivity contribution is 6.00. The Hall–Kier alpha value is -3.80. The van der Waals surface area contributed by atoms with Crippen molar-refractivity contribution in [2.45, 2.75) is 52.0 Å². The van der Waals surface area contributed by atoms with Crippen LogP contribution in [0.2, 0.25) is 0 Å². The third-order valence-corrected chi connectivity index (χ3v) is 7.71. The number of hydrogen-bond acceptors (Lipinski definition) is 4. The smallest absolute Gasteiger partial charge is 0.231 e. The van der Waals surface area contributed by atoms with E-state index in [-0.39, 0.29) is 12.6 Å². The van der Waals surface area contributed by atoms with E-state index in [0.29, 0.717) is 6.42 Å². The zero-order valence-electron chi connectivity index (χ0n) is 22.1. The summed E-state index contributed by atoms with van der Waals surface area (Å²) in [5, 5.41) is 6.01. The van der Waals surface area contributed by atoms with Crippen molar-refractivity contribution in [1.29, 1.82) is 0 Å². The maximum Gasteiger partial charge on any atom is 0.231 e. The van der Waals surface area contributed by atoms with E-state index in [4.69, 9.17) is 14.2 Å². The van der Waals surface area contributed by atoms with Gasteiger partial charge in [-0.05, 0) is 53.9 Å². The SMILES string of the molecule is CCCCCCNc1c(OC)ccc2c(Cc3ccc(F)cc3)c3[n+](cc12)CCc1cc2c(cc1-3)OCO2. The molecule has 0 aliphatic carbocycles. The molecular weight excluding hydrogens is 479 g/mol. The summed E-state index contributed by atoms with van der Waals surface area (Å²) in [4.78, 5) is 0. The number of methoxy groups -OCH3 is 1. The number of nitrogens with zero attached hydrogens (tertiary/aromatic N) is 1. The highest BCUT2D eigenvalue weighted by atomic mass is 19.1. The van der Waals surface area contributed by atoms with Gasteiger partial charge in [0.1, 0.15) is 11.6 Å². The molecule has 5 nitrogen and oxygen atoms in total. The first kappa shape index (κ1) is 24.5. The van der Waals surface area contributed by atoms with Crippen molar-refractivity contribution in [2.75, 3.05) is 25.8 Å². The van der Waals surface area contributed by atoms with Crippen LogP contribution in [0.3, 0.4) is 0 Å². The van der Waals surface area contributed by atoms with Crippen LogP contribution in [0.1, 0.15) is 49.3 Å². The van der Waals surface area contributed by atoms with E-state index >= 15 is 0 Å². The van der Waals surface area contributed by atoms with Gasteiger partial charge in [-0.3, -0.25) is 0 Å². The number of nitrogens with one attached hydrogen (secondary N) is 1. The fraction of sp³-hybridized carbons (Fsp3) is 0.344. The molecule has 0 saturated carbocycles. The second-order valence-electron chi connectivity index (χ2n) is 10.2. The van der Waals surface area contributed by atoms with Crippen LogP contribution in [-0.4, -0.2) is 20.4 Å². The Labute approximate surface area is 223 Å². The minimum Gasteiger partial charge on any atom is -0.495 e. The zero-order valence-corrected chi connectivity index (χ0v) is 22.1. The van der Waals surface area contributed by atoms with E-state index < -0.39 is 0 Å². The van der Waals surface area contributed by atoms with Gasteiger partial charge in [-0.25, -0.2) is 4.39 Å². The summed E-state index contributed by atoms with van der Waals surface area (Å²) in [7, 11) is 1.73. The van der Waals surface area contributed by atoms with Crippen molar-refractivity contribution in [3.63, 3.8) is 0 Å². The third-order valence-electron chi connectivity index (χ3n) is 7.71. The van der Waals surface area contributed by atoms with Crippen LogP contribution in [0.4, 0.5) is 10.1 Å². The molecule has 0 unspecified atom stereocenters. The summed E-state index contributed by atoms with van der Waals surface area (Å²) in [6, 6.07) is 15.3. The first-order valence-electron chi connectivity index (χ1n) is 13.6. The molecule has 196 valence electrons. The van der Waals surface area contributed by atoms with E-state index in [1.807, 2.05) is 12.1 Å². The Morgan fingerprint density at radius 2 is 1.79 bits per heavy atom. The third kappa shape index (κ3) is 4.53. The molecule has 3 aromatic carbocycles. The van der Waals surface area contributed by atoms with Crippen LogP contribution in [-0.2, 0) is 19.4 Å². The lowest BCUT2D eigenvalue weighted by atomic mass is 9.88. The van der Waals surface area contributed by atoms with E-state index in [2.05, 4.69) is 47.3 Å². The van der Waals surface area contributed by atoms with Crippen LogP contribution in [0, 0.1) is 5.82 Å². The number of ether oxygens (including phenoxy) is 3. The quantitative estimate of drug-likeness (QED) is 0.197. The highest BCUT2D eigenvalue weighted by Crippen LogP contribution is 2.43. The molecule has 2 aliphatic rings. The number of fused-ring (bicyclic) bond motifs is 5. The lowest BCUT2D eigenvalue weighted by Gasteiger charge is -2.22. The fourth-order valence-electron chi connectivity index (χ4n) is 5.77. The fourth-order valence-corrected chi connectivity index (χ4v) is 5.77. The number of pyridine rings is 1. The Morgan fingerprint density at radius 1 is 0.974 bits per heavy atom. The Bertz CT molecular complexity index is 1480. The van der Waals surface area contributed by atoms with Crippen molar-refractivity contribution < 1.29 is 23.2 Å². The summed E-state index contributed by atoms with van der Waals surface area (Å²) in [6.45, 7) is 4.25. The van der Waals surface area contributed by atoms with Gasteiger partial charge in [0, 0.05) is 30.3 Å². The number of anilines is 1. The van der Waals surface area contributed by atoms with Crippen LogP contribution >= 0.6 is 0 Å². The van der Waals surface area contributed by atoms with Gasteiger partial charge in [0.05, 0.1) is 23.7 Å². The molecule has 2 aliphatic heterocycles. The Kier molecular flexibility index (Phi) is 6.79. The molecule has 0 fully saturated rings.